The highest BCUT2D eigenvalue weighted by Crippen LogP contribution is 2.31. The van der Waals surface area contributed by atoms with Gasteiger partial charge in [-0.3, -0.25) is 0 Å². The minimum absolute atomic E-state index is 0.118. The summed E-state index contributed by atoms with van der Waals surface area (Å²) < 4.78 is 16.5. The third-order valence-corrected chi connectivity index (χ3v) is 5.42. The molecule has 0 saturated heterocycles. The Labute approximate surface area is 204 Å². The van der Waals surface area contributed by atoms with Gasteiger partial charge in [0.25, 0.3) is 0 Å². The second-order valence-electron chi connectivity index (χ2n) is 8.60. The molecular formula is C24H31Cl2NO6. The standard InChI is InChI=1S/C24H31Cl2NO6/c1-23(2,3)33-22(29)27(12-5-13-28)15-24(30,17-6-11-20(25)21(26)14-17)16-32-19-9-7-18(31-4)8-10-19/h6-11,14,28,30H,5,12-13,15-16H2,1-4H3. The Bertz CT molecular complexity index is 916. The van der Waals surface area contributed by atoms with Crippen LogP contribution >= 0.6 is 23.2 Å². The fourth-order valence-electron chi connectivity index (χ4n) is 3.02. The molecule has 0 aliphatic carbocycles. The monoisotopic (exact) mass is 499 g/mol. The summed E-state index contributed by atoms with van der Waals surface area (Å²) in [5.74, 6) is 1.18. The SMILES string of the molecule is COc1ccc(OCC(O)(CN(CCCO)C(=O)OC(C)(C)C)c2ccc(Cl)c(Cl)c2)cc1. The smallest absolute Gasteiger partial charge is 0.410 e. The zero-order valence-corrected chi connectivity index (χ0v) is 20.8. The molecule has 0 spiro atoms. The molecule has 1 unspecified atom stereocenters. The molecule has 2 rings (SSSR count). The van der Waals surface area contributed by atoms with E-state index in [0.717, 1.165) is 0 Å². The van der Waals surface area contributed by atoms with Gasteiger partial charge in [0.2, 0.25) is 0 Å². The van der Waals surface area contributed by atoms with Crippen molar-refractivity contribution in [1.82, 2.24) is 4.90 Å². The summed E-state index contributed by atoms with van der Waals surface area (Å²) in [6, 6.07) is 11.6. The van der Waals surface area contributed by atoms with E-state index in [1.54, 1.807) is 70.3 Å². The third kappa shape index (κ3) is 8.27. The first kappa shape index (κ1) is 27.1. The number of aliphatic hydroxyl groups is 2. The quantitative estimate of drug-likeness (QED) is 0.483. The van der Waals surface area contributed by atoms with Gasteiger partial charge in [0.1, 0.15) is 29.3 Å². The normalized spacial score (nSPS) is 13.2. The van der Waals surface area contributed by atoms with Crippen molar-refractivity contribution in [3.8, 4) is 11.5 Å². The van der Waals surface area contributed by atoms with Crippen molar-refractivity contribution in [3.05, 3.63) is 58.1 Å². The van der Waals surface area contributed by atoms with Crippen LogP contribution in [0, 0.1) is 0 Å². The van der Waals surface area contributed by atoms with Crippen LogP contribution in [0.4, 0.5) is 4.79 Å². The van der Waals surface area contributed by atoms with Gasteiger partial charge in [-0.2, -0.15) is 0 Å². The van der Waals surface area contributed by atoms with Crippen molar-refractivity contribution in [3.63, 3.8) is 0 Å². The zero-order valence-electron chi connectivity index (χ0n) is 19.3. The lowest BCUT2D eigenvalue weighted by molar-refractivity contribution is -0.0458. The molecule has 7 nitrogen and oxygen atoms in total. The van der Waals surface area contributed by atoms with Crippen LogP contribution < -0.4 is 9.47 Å². The Morgan fingerprint density at radius 3 is 2.21 bits per heavy atom. The van der Waals surface area contributed by atoms with E-state index in [0.29, 0.717) is 28.5 Å². The molecule has 0 aliphatic heterocycles. The van der Waals surface area contributed by atoms with E-state index in [1.807, 2.05) is 0 Å². The van der Waals surface area contributed by atoms with Crippen LogP contribution in [0.1, 0.15) is 32.8 Å². The van der Waals surface area contributed by atoms with Crippen molar-refractivity contribution in [2.24, 2.45) is 0 Å². The number of ether oxygens (including phenoxy) is 3. The summed E-state index contributed by atoms with van der Waals surface area (Å²) >= 11 is 12.3. The van der Waals surface area contributed by atoms with Crippen LogP contribution in [0.5, 0.6) is 11.5 Å². The minimum Gasteiger partial charge on any atom is -0.497 e. The first-order valence-electron chi connectivity index (χ1n) is 10.5. The number of rotatable bonds is 10. The van der Waals surface area contributed by atoms with Gasteiger partial charge in [-0.05, 0) is 69.2 Å². The van der Waals surface area contributed by atoms with Crippen molar-refractivity contribution in [1.29, 1.82) is 0 Å². The fourth-order valence-corrected chi connectivity index (χ4v) is 3.32. The van der Waals surface area contributed by atoms with E-state index in [-0.39, 0.29) is 31.3 Å². The van der Waals surface area contributed by atoms with E-state index in [9.17, 15) is 15.0 Å². The molecule has 1 amide bonds. The maximum absolute atomic E-state index is 12.8. The molecule has 33 heavy (non-hydrogen) atoms. The number of methoxy groups -OCH3 is 1. The van der Waals surface area contributed by atoms with Gasteiger partial charge < -0.3 is 29.3 Å². The van der Waals surface area contributed by atoms with E-state index < -0.39 is 17.3 Å². The van der Waals surface area contributed by atoms with Crippen LogP contribution in [0.3, 0.4) is 0 Å². The lowest BCUT2D eigenvalue weighted by Crippen LogP contribution is -2.49. The Hall–Kier alpha value is -2.19. The largest absolute Gasteiger partial charge is 0.497 e. The minimum atomic E-state index is -1.65. The molecule has 0 aliphatic rings. The molecule has 9 heteroatoms. The first-order valence-corrected chi connectivity index (χ1v) is 11.3. The van der Waals surface area contributed by atoms with Crippen molar-refractivity contribution in [2.45, 2.75) is 38.4 Å². The number of carbonyl (C=O) groups is 1. The summed E-state index contributed by atoms with van der Waals surface area (Å²) in [6.45, 7) is 4.99. The van der Waals surface area contributed by atoms with E-state index >= 15 is 0 Å². The predicted octanol–water partition coefficient (Wildman–Crippen LogP) is 4.89. The van der Waals surface area contributed by atoms with Crippen molar-refractivity contribution < 1.29 is 29.2 Å². The lowest BCUT2D eigenvalue weighted by atomic mass is 9.93. The first-order chi connectivity index (χ1) is 15.5. The molecule has 0 saturated carbocycles. The Morgan fingerprint density at radius 1 is 1.03 bits per heavy atom. The number of nitrogens with zero attached hydrogens (tertiary/aromatic N) is 1. The molecule has 182 valence electrons. The van der Waals surface area contributed by atoms with Crippen LogP contribution in [0.15, 0.2) is 42.5 Å². The average Bonchev–Trinajstić information content (AvgIpc) is 2.76. The number of hydrogen-bond acceptors (Lipinski definition) is 6. The van der Waals surface area contributed by atoms with Gasteiger partial charge >= 0.3 is 6.09 Å². The number of amides is 1. The molecule has 0 bridgehead atoms. The molecule has 2 aromatic carbocycles. The summed E-state index contributed by atoms with van der Waals surface area (Å²) in [4.78, 5) is 14.2. The molecule has 0 radical (unpaired) electrons. The second-order valence-corrected chi connectivity index (χ2v) is 9.42. The van der Waals surface area contributed by atoms with Gasteiger partial charge in [0.05, 0.1) is 23.7 Å². The summed E-state index contributed by atoms with van der Waals surface area (Å²) in [6.07, 6.45) is -0.297. The van der Waals surface area contributed by atoms with Crippen molar-refractivity contribution >= 4 is 29.3 Å². The number of carbonyl (C=O) groups excluding carboxylic acids is 1. The highest BCUT2D eigenvalue weighted by atomic mass is 35.5. The summed E-state index contributed by atoms with van der Waals surface area (Å²) in [5, 5.41) is 21.6. The van der Waals surface area contributed by atoms with Gasteiger partial charge in [-0.25, -0.2) is 4.79 Å². The topological polar surface area (TPSA) is 88.5 Å². The molecule has 0 heterocycles. The highest BCUT2D eigenvalue weighted by molar-refractivity contribution is 6.42. The molecule has 1 atom stereocenters. The third-order valence-electron chi connectivity index (χ3n) is 4.68. The maximum atomic E-state index is 12.8. The molecule has 2 N–H and O–H groups in total. The van der Waals surface area contributed by atoms with Gasteiger partial charge in [0, 0.05) is 13.2 Å². The van der Waals surface area contributed by atoms with Crippen LogP contribution in [0.25, 0.3) is 0 Å². The van der Waals surface area contributed by atoms with Crippen LogP contribution in [-0.2, 0) is 10.3 Å². The maximum Gasteiger partial charge on any atom is 0.410 e. The lowest BCUT2D eigenvalue weighted by Gasteiger charge is -2.35. The number of aliphatic hydroxyl groups excluding tert-OH is 1. The number of benzene rings is 2. The molecule has 0 aromatic heterocycles. The van der Waals surface area contributed by atoms with Crippen molar-refractivity contribution in [2.75, 3.05) is 33.4 Å². The van der Waals surface area contributed by atoms with Crippen LogP contribution in [0.2, 0.25) is 10.0 Å². The number of hydrogen-bond donors (Lipinski definition) is 2. The average molecular weight is 500 g/mol. The Morgan fingerprint density at radius 2 is 1.67 bits per heavy atom. The highest BCUT2D eigenvalue weighted by Gasteiger charge is 2.36. The number of halogens is 2. The van der Waals surface area contributed by atoms with E-state index in [4.69, 9.17) is 37.4 Å². The van der Waals surface area contributed by atoms with E-state index in [1.165, 1.54) is 4.90 Å². The second kappa shape index (κ2) is 11.8. The van der Waals surface area contributed by atoms with Gasteiger partial charge in [0.15, 0.2) is 0 Å². The van der Waals surface area contributed by atoms with Gasteiger partial charge in [-0.15, -0.1) is 0 Å². The van der Waals surface area contributed by atoms with Crippen LogP contribution in [-0.4, -0.2) is 60.2 Å². The molecular weight excluding hydrogens is 469 g/mol. The molecule has 2 aromatic rings. The zero-order chi connectivity index (χ0) is 24.6. The summed E-state index contributed by atoms with van der Waals surface area (Å²) in [7, 11) is 1.57. The van der Waals surface area contributed by atoms with E-state index in [2.05, 4.69) is 0 Å². The molecule has 0 fully saturated rings. The predicted molar refractivity (Wildman–Crippen MR) is 128 cm³/mol. The fraction of sp³-hybridized carbons (Fsp3) is 0.458. The van der Waals surface area contributed by atoms with Gasteiger partial charge in [-0.1, -0.05) is 29.3 Å². The Balaban J connectivity index is 2.35. The Kier molecular flexibility index (Phi) is 9.67. The summed E-state index contributed by atoms with van der Waals surface area (Å²) in [5.41, 5.74) is -1.96.